The van der Waals surface area contributed by atoms with Crippen molar-refractivity contribution >= 4 is 10.1 Å². The Labute approximate surface area is 67.5 Å². The second-order valence-corrected chi connectivity index (χ2v) is 4.21. The first-order chi connectivity index (χ1) is 5.02. The molecule has 0 rings (SSSR count). The van der Waals surface area contributed by atoms with Crippen LogP contribution in [0.5, 0.6) is 0 Å². The molecule has 5 heteroatoms. The number of hydrogen-bond donors (Lipinski definition) is 2. The second kappa shape index (κ2) is 4.69. The molecule has 0 aromatic carbocycles. The molecule has 0 fully saturated rings. The molecule has 1 unspecified atom stereocenters. The first kappa shape index (κ1) is 10.9. The normalized spacial score (nSPS) is 14.8. The van der Waals surface area contributed by atoms with E-state index in [0.717, 1.165) is 12.8 Å². The summed E-state index contributed by atoms with van der Waals surface area (Å²) in [4.78, 5) is 0. The molecular formula is C6H15NO3S. The minimum atomic E-state index is -3.91. The highest BCUT2D eigenvalue weighted by molar-refractivity contribution is 7.86. The molecule has 0 saturated heterocycles. The van der Waals surface area contributed by atoms with Crippen molar-refractivity contribution in [2.24, 2.45) is 5.73 Å². The van der Waals surface area contributed by atoms with E-state index in [0.29, 0.717) is 6.42 Å². The van der Waals surface area contributed by atoms with E-state index >= 15 is 0 Å². The summed E-state index contributed by atoms with van der Waals surface area (Å²) in [7, 11) is -3.91. The van der Waals surface area contributed by atoms with E-state index in [1.807, 2.05) is 6.92 Å². The van der Waals surface area contributed by atoms with Crippen LogP contribution in [-0.2, 0) is 10.1 Å². The van der Waals surface area contributed by atoms with Crippen LogP contribution in [0.1, 0.15) is 26.2 Å². The zero-order chi connectivity index (χ0) is 8.91. The lowest BCUT2D eigenvalue weighted by Gasteiger charge is -2.09. The van der Waals surface area contributed by atoms with Gasteiger partial charge in [0.2, 0.25) is 0 Å². The van der Waals surface area contributed by atoms with Crippen LogP contribution in [0.2, 0.25) is 0 Å². The van der Waals surface area contributed by atoms with Crippen molar-refractivity contribution < 1.29 is 13.0 Å². The Hall–Kier alpha value is -0.130. The molecule has 11 heavy (non-hydrogen) atoms. The molecule has 0 aliphatic rings. The quantitative estimate of drug-likeness (QED) is 0.601. The van der Waals surface area contributed by atoms with Gasteiger partial charge in [0, 0.05) is 6.54 Å². The Morgan fingerprint density at radius 3 is 2.36 bits per heavy atom. The van der Waals surface area contributed by atoms with Crippen LogP contribution in [0.3, 0.4) is 0 Å². The Bertz CT molecular complexity index is 188. The van der Waals surface area contributed by atoms with Crippen molar-refractivity contribution in [3.05, 3.63) is 0 Å². The monoisotopic (exact) mass is 181 g/mol. The van der Waals surface area contributed by atoms with Crippen molar-refractivity contribution in [1.29, 1.82) is 0 Å². The number of unbranched alkanes of at least 4 members (excludes halogenated alkanes) is 1. The van der Waals surface area contributed by atoms with E-state index in [-0.39, 0.29) is 6.54 Å². The highest BCUT2D eigenvalue weighted by Gasteiger charge is 2.19. The number of nitrogens with two attached hydrogens (primary N) is 1. The average molecular weight is 181 g/mol. The maximum absolute atomic E-state index is 10.5. The molecule has 0 spiro atoms. The van der Waals surface area contributed by atoms with Gasteiger partial charge in [0.15, 0.2) is 0 Å². The highest BCUT2D eigenvalue weighted by Crippen LogP contribution is 2.06. The Kier molecular flexibility index (Phi) is 4.63. The molecule has 0 aromatic heterocycles. The van der Waals surface area contributed by atoms with Gasteiger partial charge in [-0.15, -0.1) is 0 Å². The minimum Gasteiger partial charge on any atom is -0.329 e. The Balaban J connectivity index is 3.97. The van der Waals surface area contributed by atoms with Crippen LogP contribution in [0.15, 0.2) is 0 Å². The van der Waals surface area contributed by atoms with Gasteiger partial charge in [-0.05, 0) is 6.42 Å². The van der Waals surface area contributed by atoms with E-state index in [9.17, 15) is 8.42 Å². The lowest BCUT2D eigenvalue weighted by atomic mass is 10.2. The van der Waals surface area contributed by atoms with Crippen molar-refractivity contribution in [2.45, 2.75) is 31.4 Å². The third-order valence-corrected chi connectivity index (χ3v) is 2.83. The minimum absolute atomic E-state index is 0.00116. The molecule has 4 nitrogen and oxygen atoms in total. The number of hydrogen-bond acceptors (Lipinski definition) is 3. The summed E-state index contributed by atoms with van der Waals surface area (Å²) in [5.74, 6) is 0. The van der Waals surface area contributed by atoms with Gasteiger partial charge >= 0.3 is 0 Å². The summed E-state index contributed by atoms with van der Waals surface area (Å²) >= 11 is 0. The lowest BCUT2D eigenvalue weighted by molar-refractivity contribution is 0.459. The van der Waals surface area contributed by atoms with E-state index in [2.05, 4.69) is 0 Å². The summed E-state index contributed by atoms with van der Waals surface area (Å²) < 4.78 is 29.7. The third-order valence-electron chi connectivity index (χ3n) is 1.56. The Morgan fingerprint density at radius 2 is 2.09 bits per heavy atom. The first-order valence-corrected chi connectivity index (χ1v) is 5.19. The molecule has 0 aromatic rings. The summed E-state index contributed by atoms with van der Waals surface area (Å²) in [5, 5.41) is -0.776. The SMILES string of the molecule is CCCCC(CN)S(=O)(=O)O. The molecule has 1 atom stereocenters. The Morgan fingerprint density at radius 1 is 1.55 bits per heavy atom. The topological polar surface area (TPSA) is 80.4 Å². The van der Waals surface area contributed by atoms with Crippen molar-refractivity contribution in [3.8, 4) is 0 Å². The van der Waals surface area contributed by atoms with Crippen molar-refractivity contribution in [3.63, 3.8) is 0 Å². The molecule has 68 valence electrons. The summed E-state index contributed by atoms with van der Waals surface area (Å²) in [5.41, 5.74) is 5.16. The van der Waals surface area contributed by atoms with Gasteiger partial charge in [-0.1, -0.05) is 19.8 Å². The fourth-order valence-corrected chi connectivity index (χ4v) is 1.53. The maximum Gasteiger partial charge on any atom is 0.269 e. The predicted octanol–water partition coefficient (Wildman–Crippen LogP) is 0.392. The fraction of sp³-hybridized carbons (Fsp3) is 1.00. The van der Waals surface area contributed by atoms with E-state index in [1.165, 1.54) is 0 Å². The van der Waals surface area contributed by atoms with Gasteiger partial charge in [-0.25, -0.2) is 0 Å². The predicted molar refractivity (Wildman–Crippen MR) is 43.9 cm³/mol. The summed E-state index contributed by atoms with van der Waals surface area (Å²) in [6.45, 7) is 1.95. The van der Waals surface area contributed by atoms with Crippen LogP contribution < -0.4 is 5.73 Å². The van der Waals surface area contributed by atoms with Crippen LogP contribution in [-0.4, -0.2) is 24.8 Å². The fourth-order valence-electron chi connectivity index (χ4n) is 0.820. The molecule has 0 bridgehead atoms. The van der Waals surface area contributed by atoms with Gasteiger partial charge in [0.05, 0.1) is 5.25 Å². The largest absolute Gasteiger partial charge is 0.329 e. The van der Waals surface area contributed by atoms with Gasteiger partial charge in [-0.2, -0.15) is 8.42 Å². The average Bonchev–Trinajstić information content (AvgIpc) is 1.87. The molecule has 0 amide bonds. The van der Waals surface area contributed by atoms with Crippen LogP contribution >= 0.6 is 0 Å². The van der Waals surface area contributed by atoms with Gasteiger partial charge in [0.1, 0.15) is 0 Å². The molecular weight excluding hydrogens is 166 g/mol. The van der Waals surface area contributed by atoms with Crippen LogP contribution in [0.25, 0.3) is 0 Å². The molecule has 0 saturated carbocycles. The molecule has 0 radical (unpaired) electrons. The molecule has 0 heterocycles. The van der Waals surface area contributed by atoms with E-state index in [4.69, 9.17) is 10.3 Å². The second-order valence-electron chi connectivity index (χ2n) is 2.51. The van der Waals surface area contributed by atoms with Crippen molar-refractivity contribution in [1.82, 2.24) is 0 Å². The summed E-state index contributed by atoms with van der Waals surface area (Å²) in [6, 6.07) is 0. The molecule has 0 aliphatic carbocycles. The summed E-state index contributed by atoms with van der Waals surface area (Å²) in [6.07, 6.45) is 2.14. The lowest BCUT2D eigenvalue weighted by Crippen LogP contribution is -2.29. The molecule has 3 N–H and O–H groups in total. The highest BCUT2D eigenvalue weighted by atomic mass is 32.2. The standard InChI is InChI=1S/C6H15NO3S/c1-2-3-4-6(5-7)11(8,9)10/h6H,2-5,7H2,1H3,(H,8,9,10). The van der Waals surface area contributed by atoms with Gasteiger partial charge in [0.25, 0.3) is 10.1 Å². The van der Waals surface area contributed by atoms with Crippen LogP contribution in [0.4, 0.5) is 0 Å². The van der Waals surface area contributed by atoms with Gasteiger partial charge < -0.3 is 5.73 Å². The third kappa shape index (κ3) is 4.34. The first-order valence-electron chi connectivity index (χ1n) is 3.68. The maximum atomic E-state index is 10.5. The van der Waals surface area contributed by atoms with E-state index < -0.39 is 15.4 Å². The molecule has 0 aliphatic heterocycles. The van der Waals surface area contributed by atoms with E-state index in [1.54, 1.807) is 0 Å². The zero-order valence-electron chi connectivity index (χ0n) is 6.66. The smallest absolute Gasteiger partial charge is 0.269 e. The van der Waals surface area contributed by atoms with Gasteiger partial charge in [-0.3, -0.25) is 4.55 Å². The zero-order valence-corrected chi connectivity index (χ0v) is 7.47. The van der Waals surface area contributed by atoms with Crippen LogP contribution in [0, 0.1) is 0 Å². The van der Waals surface area contributed by atoms with Crippen molar-refractivity contribution in [2.75, 3.05) is 6.54 Å². The number of rotatable bonds is 5.